The van der Waals surface area contributed by atoms with Gasteiger partial charge in [-0.3, -0.25) is 14.0 Å². The number of aromatic nitrogens is 2. The molecule has 15 heteroatoms. The van der Waals surface area contributed by atoms with Gasteiger partial charge in [-0.05, 0) is 67.1 Å². The number of pyridine rings is 1. The van der Waals surface area contributed by atoms with Crippen molar-refractivity contribution in [3.63, 3.8) is 0 Å². The largest absolute Gasteiger partial charge is 0.484 e. The number of alkyl halides is 3. The van der Waals surface area contributed by atoms with Gasteiger partial charge in [0.25, 0.3) is 15.9 Å². The average Bonchev–Trinajstić information content (AvgIpc) is 3.43. The molecule has 1 saturated heterocycles. The number of ether oxygens (including phenoxy) is 2. The van der Waals surface area contributed by atoms with E-state index in [2.05, 4.69) is 9.88 Å². The number of amides is 1. The number of piperazine rings is 1. The number of carbonyl (C=O) groups excluding carboxylic acids is 1. The molecule has 0 bridgehead atoms. The highest BCUT2D eigenvalue weighted by Gasteiger charge is 2.29. The van der Waals surface area contributed by atoms with E-state index in [1.54, 1.807) is 54.6 Å². The van der Waals surface area contributed by atoms with Crippen LogP contribution < -0.4 is 13.8 Å². The van der Waals surface area contributed by atoms with Crippen molar-refractivity contribution in [1.29, 1.82) is 0 Å². The first-order valence-electron chi connectivity index (χ1n) is 15.9. The minimum absolute atomic E-state index is 0. The van der Waals surface area contributed by atoms with Gasteiger partial charge < -0.3 is 18.9 Å². The molecule has 0 atom stereocenters. The van der Waals surface area contributed by atoms with Crippen LogP contribution in [0.2, 0.25) is 0 Å². The maximum atomic E-state index is 13.6. The molecule has 6 rings (SSSR count). The Bertz CT molecular complexity index is 2080. The van der Waals surface area contributed by atoms with Gasteiger partial charge >= 0.3 is 6.18 Å². The van der Waals surface area contributed by atoms with Crippen LogP contribution in [0.5, 0.6) is 17.4 Å². The summed E-state index contributed by atoms with van der Waals surface area (Å²) in [6, 6.07) is 23.8. The van der Waals surface area contributed by atoms with Crippen LogP contribution >= 0.6 is 12.4 Å². The van der Waals surface area contributed by atoms with Gasteiger partial charge in [0.1, 0.15) is 17.2 Å². The molecule has 1 fully saturated rings. The number of anilines is 1. The molecule has 1 amide bonds. The lowest BCUT2D eigenvalue weighted by atomic mass is 10.2. The number of rotatable bonds is 10. The van der Waals surface area contributed by atoms with Crippen molar-refractivity contribution in [1.82, 2.24) is 19.4 Å². The van der Waals surface area contributed by atoms with Gasteiger partial charge in [-0.15, -0.1) is 12.4 Å². The second-order valence-electron chi connectivity index (χ2n) is 12.2. The highest BCUT2D eigenvalue weighted by Crippen LogP contribution is 2.29. The molecular formula is C36H37ClF3N5O5S. The van der Waals surface area contributed by atoms with Gasteiger partial charge in [0.05, 0.1) is 16.8 Å². The lowest BCUT2D eigenvalue weighted by Gasteiger charge is -2.34. The number of fused-ring (bicyclic) bond motifs is 1. The van der Waals surface area contributed by atoms with Crippen LogP contribution in [0.25, 0.3) is 10.9 Å². The van der Waals surface area contributed by atoms with Crippen LogP contribution in [0.4, 0.5) is 18.9 Å². The van der Waals surface area contributed by atoms with Crippen molar-refractivity contribution < 1.29 is 35.9 Å². The zero-order valence-electron chi connectivity index (χ0n) is 28.1. The van der Waals surface area contributed by atoms with Crippen molar-refractivity contribution in [2.45, 2.75) is 24.5 Å². The number of sulfonamides is 1. The Hall–Kier alpha value is -4.79. The Kier molecular flexibility index (Phi) is 11.2. The summed E-state index contributed by atoms with van der Waals surface area (Å²) in [6.45, 7) is 3.54. The minimum Gasteiger partial charge on any atom is -0.484 e. The zero-order valence-corrected chi connectivity index (χ0v) is 29.8. The van der Waals surface area contributed by atoms with E-state index in [9.17, 15) is 26.4 Å². The fourth-order valence-electron chi connectivity index (χ4n) is 5.73. The molecule has 0 spiro atoms. The van der Waals surface area contributed by atoms with Crippen molar-refractivity contribution in [3.8, 4) is 17.4 Å². The molecule has 0 aliphatic carbocycles. The Morgan fingerprint density at radius 2 is 1.57 bits per heavy atom. The molecule has 270 valence electrons. The lowest BCUT2D eigenvalue weighted by Crippen LogP contribution is -2.48. The van der Waals surface area contributed by atoms with Gasteiger partial charge in [0, 0.05) is 63.8 Å². The molecule has 3 aromatic carbocycles. The summed E-state index contributed by atoms with van der Waals surface area (Å²) in [7, 11) is -0.442. The molecule has 2 aromatic heterocycles. The second-order valence-corrected chi connectivity index (χ2v) is 14.1. The highest BCUT2D eigenvalue weighted by atomic mass is 35.5. The quantitative estimate of drug-likeness (QED) is 0.155. The maximum Gasteiger partial charge on any atom is 0.422 e. The summed E-state index contributed by atoms with van der Waals surface area (Å²) in [5, 5.41) is 0.815. The summed E-state index contributed by atoms with van der Waals surface area (Å²) in [5.74, 6) is 0.874. The van der Waals surface area contributed by atoms with E-state index in [0.29, 0.717) is 49.9 Å². The van der Waals surface area contributed by atoms with E-state index >= 15 is 0 Å². The predicted molar refractivity (Wildman–Crippen MR) is 190 cm³/mol. The lowest BCUT2D eigenvalue weighted by molar-refractivity contribution is -0.153. The van der Waals surface area contributed by atoms with E-state index in [4.69, 9.17) is 9.47 Å². The molecule has 5 aromatic rings. The standard InChI is InChI=1S/C36H36F3N5O5S.ClH/c1-25-4-12-31(13-5-25)50(46,47)42(3)28-8-15-34(40-22-28)49-30-11-14-32-27(20-30)21-33(41(32)2)35(45)44-18-16-43(17-19-44)23-26-6-9-29(10-7-26)48-24-36(37,38)39;/h4-15,20-22H,16-19,23-24H2,1-3H3;1H. The predicted octanol–water partition coefficient (Wildman–Crippen LogP) is 6.82. The van der Waals surface area contributed by atoms with Gasteiger partial charge in [-0.25, -0.2) is 13.4 Å². The molecule has 1 aliphatic heterocycles. The molecular weight excluding hydrogens is 707 g/mol. The summed E-state index contributed by atoms with van der Waals surface area (Å²) >= 11 is 0. The maximum absolute atomic E-state index is 13.6. The Morgan fingerprint density at radius 3 is 2.20 bits per heavy atom. The number of benzene rings is 3. The number of hydrogen-bond donors (Lipinski definition) is 0. The Morgan fingerprint density at radius 1 is 0.902 bits per heavy atom. The van der Waals surface area contributed by atoms with Crippen molar-refractivity contribution in [3.05, 3.63) is 108 Å². The van der Waals surface area contributed by atoms with Gasteiger partial charge in [-0.2, -0.15) is 13.2 Å². The molecule has 0 saturated carbocycles. The topological polar surface area (TPSA) is 97.2 Å². The van der Waals surface area contributed by atoms with Crippen LogP contribution in [0.3, 0.4) is 0 Å². The molecule has 0 radical (unpaired) electrons. The first kappa shape index (κ1) is 37.5. The normalized spacial score (nSPS) is 13.9. The average molecular weight is 744 g/mol. The third-order valence-corrected chi connectivity index (χ3v) is 10.4. The van der Waals surface area contributed by atoms with Crippen LogP contribution in [-0.4, -0.2) is 79.7 Å². The summed E-state index contributed by atoms with van der Waals surface area (Å²) in [5.41, 5.74) is 3.69. The fourth-order valence-corrected chi connectivity index (χ4v) is 6.91. The second kappa shape index (κ2) is 15.2. The van der Waals surface area contributed by atoms with E-state index < -0.39 is 22.8 Å². The SMILES string of the molecule is Cc1ccc(S(=O)(=O)N(C)c2ccc(Oc3ccc4c(c3)cc(C(=O)N3CCN(Cc5ccc(OCC(F)(F)F)cc5)CC3)n4C)nc2)cc1.Cl. The van der Waals surface area contributed by atoms with Crippen LogP contribution in [0, 0.1) is 6.92 Å². The number of carbonyl (C=O) groups is 1. The Labute approximate surface area is 300 Å². The zero-order chi connectivity index (χ0) is 35.6. The van der Waals surface area contributed by atoms with E-state index in [1.807, 2.05) is 41.6 Å². The van der Waals surface area contributed by atoms with Crippen molar-refractivity contribution in [2.75, 3.05) is 44.1 Å². The van der Waals surface area contributed by atoms with Gasteiger partial charge in [0.15, 0.2) is 6.61 Å². The van der Waals surface area contributed by atoms with Crippen LogP contribution in [-0.2, 0) is 23.6 Å². The molecule has 51 heavy (non-hydrogen) atoms. The molecule has 3 heterocycles. The summed E-state index contributed by atoms with van der Waals surface area (Å²) in [6.07, 6.45) is -2.95. The number of nitrogens with zero attached hydrogens (tertiary/aromatic N) is 5. The van der Waals surface area contributed by atoms with E-state index in [0.717, 1.165) is 22.0 Å². The summed E-state index contributed by atoms with van der Waals surface area (Å²) < 4.78 is 77.1. The summed E-state index contributed by atoms with van der Waals surface area (Å²) in [4.78, 5) is 22.1. The minimum atomic E-state index is -4.39. The highest BCUT2D eigenvalue weighted by molar-refractivity contribution is 7.92. The van der Waals surface area contributed by atoms with Crippen LogP contribution in [0.1, 0.15) is 21.6 Å². The first-order chi connectivity index (χ1) is 23.8. The Balaban J connectivity index is 0.00000504. The van der Waals surface area contributed by atoms with Gasteiger partial charge in [-0.1, -0.05) is 29.8 Å². The smallest absolute Gasteiger partial charge is 0.422 e. The number of halogens is 4. The fraction of sp³-hybridized carbons (Fsp3) is 0.278. The van der Waals surface area contributed by atoms with Crippen molar-refractivity contribution in [2.24, 2.45) is 7.05 Å². The van der Waals surface area contributed by atoms with Crippen LogP contribution in [0.15, 0.2) is 96.0 Å². The first-order valence-corrected chi connectivity index (χ1v) is 17.3. The molecule has 0 unspecified atom stereocenters. The molecule has 10 nitrogen and oxygen atoms in total. The van der Waals surface area contributed by atoms with E-state index in [1.165, 1.54) is 29.7 Å². The third-order valence-electron chi connectivity index (χ3n) is 8.61. The number of aryl methyl sites for hydroxylation is 2. The monoisotopic (exact) mass is 743 g/mol. The molecule has 0 N–H and O–H groups in total. The van der Waals surface area contributed by atoms with Gasteiger partial charge in [0.2, 0.25) is 5.88 Å². The third kappa shape index (κ3) is 8.75. The van der Waals surface area contributed by atoms with E-state index in [-0.39, 0.29) is 34.8 Å². The molecule has 1 aliphatic rings. The van der Waals surface area contributed by atoms with Crippen molar-refractivity contribution >= 4 is 44.9 Å². The number of hydrogen-bond acceptors (Lipinski definition) is 7.